The van der Waals surface area contributed by atoms with Gasteiger partial charge < -0.3 is 9.42 Å². The van der Waals surface area contributed by atoms with Gasteiger partial charge in [-0.05, 0) is 12.5 Å². The summed E-state index contributed by atoms with van der Waals surface area (Å²) in [6.07, 6.45) is 3.73. The van der Waals surface area contributed by atoms with E-state index in [-0.39, 0.29) is 5.91 Å². The molecule has 3 rings (SSSR count). The lowest BCUT2D eigenvalue weighted by Gasteiger charge is -2.14. The van der Waals surface area contributed by atoms with E-state index >= 15 is 0 Å². The van der Waals surface area contributed by atoms with Crippen LogP contribution in [0.25, 0.3) is 0 Å². The molecule has 0 saturated carbocycles. The van der Waals surface area contributed by atoms with Crippen molar-refractivity contribution < 1.29 is 9.32 Å². The maximum absolute atomic E-state index is 12.2. The molecule has 0 radical (unpaired) electrons. The predicted molar refractivity (Wildman–Crippen MR) is 84.8 cm³/mol. The average molecular weight is 310 g/mol. The molecule has 1 aromatic carbocycles. The molecule has 0 fully saturated rings. The lowest BCUT2D eigenvalue weighted by atomic mass is 10.2. The van der Waals surface area contributed by atoms with Gasteiger partial charge in [0.25, 0.3) is 5.91 Å². The van der Waals surface area contributed by atoms with Crippen molar-refractivity contribution in [1.82, 2.24) is 19.8 Å². The van der Waals surface area contributed by atoms with E-state index in [1.54, 1.807) is 31.1 Å². The molecule has 6 heteroatoms. The van der Waals surface area contributed by atoms with Gasteiger partial charge in [0.05, 0.1) is 12.7 Å². The first kappa shape index (κ1) is 15.0. The van der Waals surface area contributed by atoms with Gasteiger partial charge in [-0.3, -0.25) is 9.48 Å². The van der Waals surface area contributed by atoms with Crippen molar-refractivity contribution in [3.8, 4) is 0 Å². The molecule has 0 aliphatic heterocycles. The van der Waals surface area contributed by atoms with Gasteiger partial charge >= 0.3 is 0 Å². The second-order valence-corrected chi connectivity index (χ2v) is 5.52. The van der Waals surface area contributed by atoms with Crippen LogP contribution in [0.4, 0.5) is 0 Å². The molecule has 0 aliphatic carbocycles. The summed E-state index contributed by atoms with van der Waals surface area (Å²) in [5.74, 6) is 0.454. The van der Waals surface area contributed by atoms with E-state index in [9.17, 15) is 4.79 Å². The number of nitrogens with zero attached hydrogens (tertiary/aromatic N) is 4. The normalized spacial score (nSPS) is 10.7. The molecule has 0 spiro atoms. The van der Waals surface area contributed by atoms with Crippen LogP contribution in [-0.4, -0.2) is 32.8 Å². The van der Waals surface area contributed by atoms with Crippen LogP contribution in [0.3, 0.4) is 0 Å². The lowest BCUT2D eigenvalue weighted by molar-refractivity contribution is 0.0774. The van der Waals surface area contributed by atoms with Gasteiger partial charge in [0, 0.05) is 31.4 Å². The van der Waals surface area contributed by atoms with E-state index in [1.807, 2.05) is 29.1 Å². The molecule has 1 amide bonds. The Morgan fingerprint density at radius 2 is 2.04 bits per heavy atom. The highest BCUT2D eigenvalue weighted by atomic mass is 16.5. The maximum atomic E-state index is 12.2. The highest BCUT2D eigenvalue weighted by Gasteiger charge is 2.16. The summed E-state index contributed by atoms with van der Waals surface area (Å²) in [4.78, 5) is 13.8. The molecule has 0 N–H and O–H groups in total. The fourth-order valence-corrected chi connectivity index (χ4v) is 2.35. The van der Waals surface area contributed by atoms with Gasteiger partial charge in [0.2, 0.25) is 0 Å². The van der Waals surface area contributed by atoms with Crippen molar-refractivity contribution in [3.05, 3.63) is 71.4 Å². The van der Waals surface area contributed by atoms with Gasteiger partial charge in [0.1, 0.15) is 5.76 Å². The molecule has 23 heavy (non-hydrogen) atoms. The van der Waals surface area contributed by atoms with Crippen LogP contribution in [0.15, 0.2) is 53.3 Å². The fraction of sp³-hybridized carbons (Fsp3) is 0.235. The maximum Gasteiger partial charge on any atom is 0.276 e. The lowest BCUT2D eigenvalue weighted by Crippen LogP contribution is -2.26. The van der Waals surface area contributed by atoms with E-state index in [4.69, 9.17) is 4.52 Å². The topological polar surface area (TPSA) is 64.2 Å². The quantitative estimate of drug-likeness (QED) is 0.726. The second kappa shape index (κ2) is 6.48. The molecule has 2 aromatic heterocycles. The van der Waals surface area contributed by atoms with Crippen molar-refractivity contribution >= 4 is 5.91 Å². The predicted octanol–water partition coefficient (Wildman–Crippen LogP) is 2.50. The summed E-state index contributed by atoms with van der Waals surface area (Å²) >= 11 is 0. The van der Waals surface area contributed by atoms with E-state index in [1.165, 1.54) is 5.56 Å². The molecular formula is C17H18N4O2. The molecule has 0 atom stereocenters. The molecule has 118 valence electrons. The first-order valence-electron chi connectivity index (χ1n) is 7.36. The minimum Gasteiger partial charge on any atom is -0.361 e. The summed E-state index contributed by atoms with van der Waals surface area (Å²) in [6, 6.07) is 11.8. The van der Waals surface area contributed by atoms with Crippen LogP contribution >= 0.6 is 0 Å². The smallest absolute Gasteiger partial charge is 0.276 e. The molecule has 0 aliphatic rings. The van der Waals surface area contributed by atoms with Gasteiger partial charge in [-0.25, -0.2) is 0 Å². The minimum atomic E-state index is -0.169. The Bertz CT molecular complexity index is 792. The number of hydrogen-bond acceptors (Lipinski definition) is 4. The summed E-state index contributed by atoms with van der Waals surface area (Å²) in [6.45, 7) is 2.94. The van der Waals surface area contributed by atoms with Crippen molar-refractivity contribution in [2.75, 3.05) is 7.05 Å². The number of carbonyl (C=O) groups is 1. The molecule has 0 bridgehead atoms. The van der Waals surface area contributed by atoms with Gasteiger partial charge in [-0.1, -0.05) is 35.5 Å². The van der Waals surface area contributed by atoms with Crippen LogP contribution in [0.5, 0.6) is 0 Å². The fourth-order valence-electron chi connectivity index (χ4n) is 2.35. The van der Waals surface area contributed by atoms with E-state index < -0.39 is 0 Å². The monoisotopic (exact) mass is 310 g/mol. The third-order valence-corrected chi connectivity index (χ3v) is 3.49. The second-order valence-electron chi connectivity index (χ2n) is 5.52. The third kappa shape index (κ3) is 3.66. The Balaban J connectivity index is 1.63. The standard InChI is InChI=1S/C17H18N4O2/c1-13-8-16(19-23-13)17(22)20(2)10-15-9-18-21(12-15)11-14-6-4-3-5-7-14/h3-9,12H,10-11H2,1-2H3. The van der Waals surface area contributed by atoms with Crippen LogP contribution in [-0.2, 0) is 13.1 Å². The largest absolute Gasteiger partial charge is 0.361 e. The van der Waals surface area contributed by atoms with E-state index in [2.05, 4.69) is 22.4 Å². The van der Waals surface area contributed by atoms with Crippen molar-refractivity contribution in [3.63, 3.8) is 0 Å². The van der Waals surface area contributed by atoms with Crippen LogP contribution in [0.1, 0.15) is 27.4 Å². The van der Waals surface area contributed by atoms with Crippen molar-refractivity contribution in [2.45, 2.75) is 20.0 Å². The van der Waals surface area contributed by atoms with Gasteiger partial charge in [-0.2, -0.15) is 5.10 Å². The number of hydrogen-bond donors (Lipinski definition) is 0. The number of aromatic nitrogens is 3. The number of benzene rings is 1. The van der Waals surface area contributed by atoms with Gasteiger partial charge in [0.15, 0.2) is 5.69 Å². The number of amides is 1. The average Bonchev–Trinajstić information content (AvgIpc) is 3.17. The highest BCUT2D eigenvalue weighted by Crippen LogP contribution is 2.09. The molecule has 0 saturated heterocycles. The number of aryl methyl sites for hydroxylation is 1. The molecule has 3 aromatic rings. The third-order valence-electron chi connectivity index (χ3n) is 3.49. The summed E-state index contributed by atoms with van der Waals surface area (Å²) in [7, 11) is 1.74. The zero-order valence-electron chi connectivity index (χ0n) is 13.1. The molecule has 6 nitrogen and oxygen atoms in total. The Morgan fingerprint density at radius 3 is 2.74 bits per heavy atom. The highest BCUT2D eigenvalue weighted by molar-refractivity contribution is 5.92. The first-order valence-corrected chi connectivity index (χ1v) is 7.36. The SMILES string of the molecule is Cc1cc(C(=O)N(C)Cc2cnn(Cc3ccccc3)c2)no1. The molecule has 2 heterocycles. The zero-order valence-corrected chi connectivity index (χ0v) is 13.1. The Morgan fingerprint density at radius 1 is 1.26 bits per heavy atom. The van der Waals surface area contributed by atoms with E-state index in [0.29, 0.717) is 24.5 Å². The Kier molecular flexibility index (Phi) is 4.23. The van der Waals surface area contributed by atoms with Crippen molar-refractivity contribution in [2.24, 2.45) is 0 Å². The summed E-state index contributed by atoms with van der Waals surface area (Å²) < 4.78 is 6.81. The van der Waals surface area contributed by atoms with E-state index in [0.717, 1.165) is 5.56 Å². The van der Waals surface area contributed by atoms with Crippen molar-refractivity contribution in [1.29, 1.82) is 0 Å². The number of carbonyl (C=O) groups excluding carboxylic acids is 1. The van der Waals surface area contributed by atoms with Crippen LogP contribution in [0, 0.1) is 6.92 Å². The Labute approximate surface area is 134 Å². The van der Waals surface area contributed by atoms with Crippen LogP contribution in [0.2, 0.25) is 0 Å². The van der Waals surface area contributed by atoms with Crippen LogP contribution < -0.4 is 0 Å². The minimum absolute atomic E-state index is 0.169. The number of rotatable bonds is 5. The summed E-state index contributed by atoms with van der Waals surface area (Å²) in [5.41, 5.74) is 2.48. The van der Waals surface area contributed by atoms with Gasteiger partial charge in [-0.15, -0.1) is 0 Å². The Hall–Kier alpha value is -2.89. The molecule has 0 unspecified atom stereocenters. The summed E-state index contributed by atoms with van der Waals surface area (Å²) in [5, 5.41) is 8.10. The molecular weight excluding hydrogens is 292 g/mol. The zero-order chi connectivity index (χ0) is 16.2. The first-order chi connectivity index (χ1) is 11.1.